The Morgan fingerprint density at radius 1 is 1.19 bits per heavy atom. The SMILES string of the molecule is CCNC(=NCCCNC(=O)c1ccccc1)NC1CCN(C(=O)CC)C1. The molecule has 0 spiro atoms. The summed E-state index contributed by atoms with van der Waals surface area (Å²) in [6, 6.07) is 9.43. The molecule has 0 saturated carbocycles. The van der Waals surface area contributed by atoms with E-state index in [4.69, 9.17) is 0 Å². The van der Waals surface area contributed by atoms with E-state index in [1.807, 2.05) is 36.9 Å². The molecule has 27 heavy (non-hydrogen) atoms. The van der Waals surface area contributed by atoms with Crippen molar-refractivity contribution in [1.29, 1.82) is 0 Å². The van der Waals surface area contributed by atoms with Crippen LogP contribution in [0.1, 0.15) is 43.5 Å². The highest BCUT2D eigenvalue weighted by molar-refractivity contribution is 5.94. The number of amides is 2. The molecule has 1 atom stereocenters. The molecule has 1 unspecified atom stereocenters. The van der Waals surface area contributed by atoms with E-state index in [1.54, 1.807) is 12.1 Å². The predicted octanol–water partition coefficient (Wildman–Crippen LogP) is 1.37. The van der Waals surface area contributed by atoms with E-state index in [-0.39, 0.29) is 17.9 Å². The second kappa shape index (κ2) is 11.2. The van der Waals surface area contributed by atoms with Gasteiger partial charge in [-0.2, -0.15) is 0 Å². The van der Waals surface area contributed by atoms with Crippen molar-refractivity contribution in [2.24, 2.45) is 4.99 Å². The maximum Gasteiger partial charge on any atom is 0.251 e. The van der Waals surface area contributed by atoms with Gasteiger partial charge in [0, 0.05) is 50.7 Å². The molecule has 3 N–H and O–H groups in total. The fourth-order valence-electron chi connectivity index (χ4n) is 3.01. The first-order chi connectivity index (χ1) is 13.1. The Balaban J connectivity index is 1.72. The Kier molecular flexibility index (Phi) is 8.61. The van der Waals surface area contributed by atoms with Crippen LogP contribution in [0.2, 0.25) is 0 Å². The third-order valence-electron chi connectivity index (χ3n) is 4.45. The molecule has 0 aromatic heterocycles. The Hall–Kier alpha value is -2.57. The maximum atomic E-state index is 12.0. The third kappa shape index (κ3) is 6.92. The van der Waals surface area contributed by atoms with E-state index in [1.165, 1.54) is 0 Å². The van der Waals surface area contributed by atoms with Gasteiger partial charge in [0.15, 0.2) is 5.96 Å². The lowest BCUT2D eigenvalue weighted by Crippen LogP contribution is -2.45. The van der Waals surface area contributed by atoms with E-state index in [0.717, 1.165) is 38.4 Å². The summed E-state index contributed by atoms with van der Waals surface area (Å²) in [6.07, 6.45) is 2.25. The molecule has 1 fully saturated rings. The van der Waals surface area contributed by atoms with E-state index in [9.17, 15) is 9.59 Å². The minimum absolute atomic E-state index is 0.0590. The molecule has 7 heteroatoms. The molecule has 2 rings (SSSR count). The molecule has 7 nitrogen and oxygen atoms in total. The molecule has 1 aromatic carbocycles. The summed E-state index contributed by atoms with van der Waals surface area (Å²) in [6.45, 7) is 7.43. The summed E-state index contributed by atoms with van der Waals surface area (Å²) in [4.78, 5) is 30.3. The summed E-state index contributed by atoms with van der Waals surface area (Å²) < 4.78 is 0. The lowest BCUT2D eigenvalue weighted by Gasteiger charge is -2.18. The van der Waals surface area contributed by atoms with Crippen LogP contribution in [0.3, 0.4) is 0 Å². The van der Waals surface area contributed by atoms with Gasteiger partial charge in [-0.1, -0.05) is 25.1 Å². The average molecular weight is 374 g/mol. The number of benzene rings is 1. The fraction of sp³-hybridized carbons (Fsp3) is 0.550. The molecular weight excluding hydrogens is 342 g/mol. The van der Waals surface area contributed by atoms with E-state index in [2.05, 4.69) is 20.9 Å². The lowest BCUT2D eigenvalue weighted by molar-refractivity contribution is -0.129. The molecule has 148 valence electrons. The zero-order chi connectivity index (χ0) is 19.5. The van der Waals surface area contributed by atoms with Gasteiger partial charge in [0.05, 0.1) is 0 Å². The molecule has 0 aliphatic carbocycles. The number of likely N-dealkylation sites (tertiary alicyclic amines) is 1. The van der Waals surface area contributed by atoms with Crippen molar-refractivity contribution in [2.75, 3.05) is 32.7 Å². The first kappa shape index (κ1) is 20.7. The van der Waals surface area contributed by atoms with Crippen LogP contribution in [0.25, 0.3) is 0 Å². The van der Waals surface area contributed by atoms with Crippen molar-refractivity contribution in [2.45, 2.75) is 39.2 Å². The summed E-state index contributed by atoms with van der Waals surface area (Å²) in [5, 5.41) is 9.56. The molecule has 0 radical (unpaired) electrons. The monoisotopic (exact) mass is 373 g/mol. The molecule has 2 amide bonds. The summed E-state index contributed by atoms with van der Waals surface area (Å²) in [7, 11) is 0. The first-order valence-corrected chi connectivity index (χ1v) is 9.79. The summed E-state index contributed by atoms with van der Waals surface area (Å²) in [5.74, 6) is 0.911. The Labute approximate surface area is 161 Å². The second-order valence-electron chi connectivity index (χ2n) is 6.56. The minimum atomic E-state index is -0.0590. The number of guanidine groups is 1. The van der Waals surface area contributed by atoms with Crippen molar-refractivity contribution >= 4 is 17.8 Å². The Morgan fingerprint density at radius 3 is 2.67 bits per heavy atom. The van der Waals surface area contributed by atoms with Gasteiger partial charge in [0.1, 0.15) is 0 Å². The van der Waals surface area contributed by atoms with Crippen LogP contribution in [0.15, 0.2) is 35.3 Å². The highest BCUT2D eigenvalue weighted by Gasteiger charge is 2.25. The van der Waals surface area contributed by atoms with Crippen molar-refractivity contribution in [1.82, 2.24) is 20.9 Å². The van der Waals surface area contributed by atoms with Gasteiger partial charge in [-0.3, -0.25) is 14.6 Å². The van der Waals surface area contributed by atoms with Crippen LogP contribution in [-0.4, -0.2) is 61.4 Å². The maximum absolute atomic E-state index is 12.0. The number of nitrogens with zero attached hydrogens (tertiary/aromatic N) is 2. The van der Waals surface area contributed by atoms with Gasteiger partial charge in [-0.25, -0.2) is 0 Å². The first-order valence-electron chi connectivity index (χ1n) is 9.79. The number of aliphatic imine (C=N–C) groups is 1. The highest BCUT2D eigenvalue weighted by atomic mass is 16.2. The normalized spacial score (nSPS) is 16.9. The molecule has 1 saturated heterocycles. The van der Waals surface area contributed by atoms with Gasteiger partial charge in [0.2, 0.25) is 5.91 Å². The minimum Gasteiger partial charge on any atom is -0.357 e. The smallest absolute Gasteiger partial charge is 0.251 e. The van der Waals surface area contributed by atoms with Gasteiger partial charge >= 0.3 is 0 Å². The Morgan fingerprint density at radius 2 is 1.96 bits per heavy atom. The highest BCUT2D eigenvalue weighted by Crippen LogP contribution is 2.10. The number of carbonyl (C=O) groups excluding carboxylic acids is 2. The molecule has 1 heterocycles. The van der Waals surface area contributed by atoms with Gasteiger partial charge in [-0.05, 0) is 31.9 Å². The van der Waals surface area contributed by atoms with Crippen LogP contribution in [-0.2, 0) is 4.79 Å². The van der Waals surface area contributed by atoms with Crippen molar-refractivity contribution in [3.05, 3.63) is 35.9 Å². The largest absolute Gasteiger partial charge is 0.357 e. The molecule has 1 aliphatic heterocycles. The van der Waals surface area contributed by atoms with Crippen LogP contribution in [0, 0.1) is 0 Å². The molecular formula is C20H31N5O2. The van der Waals surface area contributed by atoms with E-state index >= 15 is 0 Å². The van der Waals surface area contributed by atoms with Crippen molar-refractivity contribution in [3.63, 3.8) is 0 Å². The van der Waals surface area contributed by atoms with Gasteiger partial charge in [0.25, 0.3) is 5.91 Å². The van der Waals surface area contributed by atoms with Crippen molar-refractivity contribution in [3.8, 4) is 0 Å². The predicted molar refractivity (Wildman–Crippen MR) is 108 cm³/mol. The van der Waals surface area contributed by atoms with Crippen LogP contribution >= 0.6 is 0 Å². The number of hydrogen-bond donors (Lipinski definition) is 3. The quantitative estimate of drug-likeness (QED) is 0.365. The second-order valence-corrected chi connectivity index (χ2v) is 6.56. The Bertz CT molecular complexity index is 633. The number of nitrogens with one attached hydrogen (secondary N) is 3. The lowest BCUT2D eigenvalue weighted by atomic mass is 10.2. The molecule has 1 aromatic rings. The molecule has 0 bridgehead atoms. The third-order valence-corrected chi connectivity index (χ3v) is 4.45. The standard InChI is InChI=1S/C20H31N5O2/c1-3-18(26)25-14-11-17(15-25)24-20(21-4-2)23-13-8-12-22-19(27)16-9-6-5-7-10-16/h5-7,9-10,17H,3-4,8,11-15H2,1-2H3,(H,22,27)(H2,21,23,24). The topological polar surface area (TPSA) is 85.8 Å². The number of hydrogen-bond acceptors (Lipinski definition) is 3. The zero-order valence-corrected chi connectivity index (χ0v) is 16.3. The van der Waals surface area contributed by atoms with Gasteiger partial charge < -0.3 is 20.9 Å². The van der Waals surface area contributed by atoms with E-state index in [0.29, 0.717) is 25.1 Å². The van der Waals surface area contributed by atoms with Crippen molar-refractivity contribution < 1.29 is 9.59 Å². The zero-order valence-electron chi connectivity index (χ0n) is 16.3. The van der Waals surface area contributed by atoms with Crippen LogP contribution in [0.4, 0.5) is 0 Å². The van der Waals surface area contributed by atoms with Gasteiger partial charge in [-0.15, -0.1) is 0 Å². The van der Waals surface area contributed by atoms with Crippen LogP contribution in [0.5, 0.6) is 0 Å². The summed E-state index contributed by atoms with van der Waals surface area (Å²) in [5.41, 5.74) is 0.670. The van der Waals surface area contributed by atoms with Crippen LogP contribution < -0.4 is 16.0 Å². The summed E-state index contributed by atoms with van der Waals surface area (Å²) >= 11 is 0. The molecule has 1 aliphatic rings. The van der Waals surface area contributed by atoms with E-state index < -0.39 is 0 Å². The number of rotatable bonds is 8. The number of carbonyl (C=O) groups is 2. The fourth-order valence-corrected chi connectivity index (χ4v) is 3.01. The average Bonchev–Trinajstić information content (AvgIpc) is 3.16.